The molecule has 5 nitrogen and oxygen atoms in total. The number of rotatable bonds is 2. The van der Waals surface area contributed by atoms with E-state index in [1.54, 1.807) is 0 Å². The number of H-pyrrole nitrogens is 1. The van der Waals surface area contributed by atoms with E-state index in [1.807, 2.05) is 36.3 Å². The van der Waals surface area contributed by atoms with Crippen LogP contribution in [0.3, 0.4) is 0 Å². The van der Waals surface area contributed by atoms with Crippen molar-refractivity contribution < 1.29 is 0 Å². The standard InChI is InChI=1S/C10H9N5S/c1-15(10-12-13-14-16-10)9-6-11-8-5-3-2-4-7(8)9/h2-6,11H,1H3. The van der Waals surface area contributed by atoms with Crippen LogP contribution >= 0.6 is 11.5 Å². The van der Waals surface area contributed by atoms with E-state index in [9.17, 15) is 0 Å². The molecule has 0 aliphatic carbocycles. The SMILES string of the molecule is CN(c1nnns1)c1c[nH]c2ccccc12. The monoisotopic (exact) mass is 231 g/mol. The highest BCUT2D eigenvalue weighted by molar-refractivity contribution is 7.09. The average Bonchev–Trinajstić information content (AvgIpc) is 2.98. The lowest BCUT2D eigenvalue weighted by Gasteiger charge is -2.12. The van der Waals surface area contributed by atoms with Crippen molar-refractivity contribution in [2.45, 2.75) is 0 Å². The lowest BCUT2D eigenvalue weighted by atomic mass is 10.2. The second kappa shape index (κ2) is 3.57. The fourth-order valence-corrected chi connectivity index (χ4v) is 2.13. The minimum absolute atomic E-state index is 0.782. The molecule has 0 spiro atoms. The van der Waals surface area contributed by atoms with Gasteiger partial charge in [-0.25, -0.2) is 0 Å². The Hall–Kier alpha value is -1.95. The largest absolute Gasteiger partial charge is 0.359 e. The number of aromatic nitrogens is 4. The quantitative estimate of drug-likeness (QED) is 0.734. The summed E-state index contributed by atoms with van der Waals surface area (Å²) >= 11 is 1.28. The maximum Gasteiger partial charge on any atom is 0.232 e. The van der Waals surface area contributed by atoms with Crippen molar-refractivity contribution in [2.75, 3.05) is 11.9 Å². The van der Waals surface area contributed by atoms with Crippen LogP contribution in [0.2, 0.25) is 0 Å². The van der Waals surface area contributed by atoms with Gasteiger partial charge in [0.2, 0.25) is 5.13 Å². The molecule has 0 bridgehead atoms. The Morgan fingerprint density at radius 1 is 1.31 bits per heavy atom. The molecule has 3 rings (SSSR count). The van der Waals surface area contributed by atoms with Crippen molar-refractivity contribution >= 4 is 33.3 Å². The second-order valence-electron chi connectivity index (χ2n) is 3.42. The number of nitrogens with one attached hydrogen (secondary N) is 1. The molecule has 0 unspecified atom stereocenters. The minimum atomic E-state index is 0.782. The first-order valence-corrected chi connectivity index (χ1v) is 5.58. The zero-order chi connectivity index (χ0) is 11.0. The molecule has 6 heteroatoms. The summed E-state index contributed by atoms with van der Waals surface area (Å²) in [6.45, 7) is 0. The van der Waals surface area contributed by atoms with Crippen LogP contribution in [0, 0.1) is 0 Å². The highest BCUT2D eigenvalue weighted by Gasteiger charge is 2.12. The molecule has 0 aliphatic rings. The number of hydrogen-bond donors (Lipinski definition) is 1. The van der Waals surface area contributed by atoms with Gasteiger partial charge in [-0.2, -0.15) is 0 Å². The van der Waals surface area contributed by atoms with Gasteiger partial charge in [-0.05, 0) is 11.3 Å². The van der Waals surface area contributed by atoms with Gasteiger partial charge in [-0.3, -0.25) is 0 Å². The van der Waals surface area contributed by atoms with Crippen LogP contribution in [-0.4, -0.2) is 26.8 Å². The van der Waals surface area contributed by atoms with Crippen molar-refractivity contribution in [2.24, 2.45) is 0 Å². The van der Waals surface area contributed by atoms with Gasteiger partial charge >= 0.3 is 0 Å². The average molecular weight is 231 g/mol. The first-order valence-electron chi connectivity index (χ1n) is 4.81. The molecule has 0 aliphatic heterocycles. The summed E-state index contributed by atoms with van der Waals surface area (Å²) < 4.78 is 3.76. The molecule has 1 N–H and O–H groups in total. The molecule has 0 fully saturated rings. The van der Waals surface area contributed by atoms with E-state index in [0.717, 1.165) is 16.3 Å². The predicted molar refractivity (Wildman–Crippen MR) is 64.1 cm³/mol. The van der Waals surface area contributed by atoms with Crippen LogP contribution in [0.15, 0.2) is 30.5 Å². The van der Waals surface area contributed by atoms with Gasteiger partial charge in [-0.1, -0.05) is 27.8 Å². The summed E-state index contributed by atoms with van der Waals surface area (Å²) in [6.07, 6.45) is 1.96. The van der Waals surface area contributed by atoms with E-state index in [1.165, 1.54) is 16.9 Å². The molecule has 2 aromatic heterocycles. The molecule has 2 heterocycles. The van der Waals surface area contributed by atoms with Crippen LogP contribution < -0.4 is 4.90 Å². The van der Waals surface area contributed by atoms with Crippen molar-refractivity contribution in [3.8, 4) is 0 Å². The molecular weight excluding hydrogens is 222 g/mol. The van der Waals surface area contributed by atoms with Crippen LogP contribution in [0.25, 0.3) is 10.9 Å². The fourth-order valence-electron chi connectivity index (χ4n) is 1.69. The van der Waals surface area contributed by atoms with Crippen LogP contribution in [-0.2, 0) is 0 Å². The number of aromatic amines is 1. The Labute approximate surface area is 95.9 Å². The van der Waals surface area contributed by atoms with Gasteiger partial charge in [0.15, 0.2) is 0 Å². The highest BCUT2D eigenvalue weighted by Crippen LogP contribution is 2.30. The van der Waals surface area contributed by atoms with Crippen molar-refractivity contribution in [3.63, 3.8) is 0 Å². The molecule has 0 saturated carbocycles. The summed E-state index contributed by atoms with van der Waals surface area (Å²) in [7, 11) is 1.96. The number of fused-ring (bicyclic) bond motifs is 1. The van der Waals surface area contributed by atoms with Gasteiger partial charge in [0, 0.05) is 35.7 Å². The number of para-hydroxylation sites is 1. The normalized spacial score (nSPS) is 10.8. The van der Waals surface area contributed by atoms with Gasteiger partial charge in [0.25, 0.3) is 0 Å². The third-order valence-corrected chi connectivity index (χ3v) is 3.18. The number of hydrogen-bond acceptors (Lipinski definition) is 5. The first-order chi connectivity index (χ1) is 7.86. The maximum atomic E-state index is 3.95. The maximum absolute atomic E-state index is 3.95. The molecule has 0 atom stereocenters. The number of benzene rings is 1. The number of nitrogens with zero attached hydrogens (tertiary/aromatic N) is 4. The summed E-state index contributed by atoms with van der Waals surface area (Å²) in [5.41, 5.74) is 2.19. The molecule has 0 amide bonds. The van der Waals surface area contributed by atoms with Gasteiger partial charge in [0.05, 0.1) is 5.69 Å². The Morgan fingerprint density at radius 2 is 2.19 bits per heavy atom. The van der Waals surface area contributed by atoms with Crippen LogP contribution in [0.5, 0.6) is 0 Å². The Kier molecular flexibility index (Phi) is 2.07. The zero-order valence-corrected chi connectivity index (χ0v) is 9.40. The third-order valence-electron chi connectivity index (χ3n) is 2.50. The lowest BCUT2D eigenvalue weighted by molar-refractivity contribution is 0.945. The topological polar surface area (TPSA) is 57.7 Å². The summed E-state index contributed by atoms with van der Waals surface area (Å²) in [5.74, 6) is 0. The zero-order valence-electron chi connectivity index (χ0n) is 8.58. The Morgan fingerprint density at radius 3 is 3.00 bits per heavy atom. The highest BCUT2D eigenvalue weighted by atomic mass is 32.1. The Balaban J connectivity index is 2.12. The van der Waals surface area contributed by atoms with E-state index in [-0.39, 0.29) is 0 Å². The van der Waals surface area contributed by atoms with E-state index in [0.29, 0.717) is 0 Å². The molecule has 0 saturated heterocycles. The fraction of sp³-hybridized carbons (Fsp3) is 0.100. The smallest absolute Gasteiger partial charge is 0.232 e. The van der Waals surface area contributed by atoms with Gasteiger partial charge in [0.1, 0.15) is 0 Å². The second-order valence-corrected chi connectivity index (χ2v) is 4.13. The summed E-state index contributed by atoms with van der Waals surface area (Å²) in [5, 5.41) is 9.50. The summed E-state index contributed by atoms with van der Waals surface area (Å²) in [6, 6.07) is 8.15. The molecule has 1 aromatic carbocycles. The van der Waals surface area contributed by atoms with Crippen LogP contribution in [0.4, 0.5) is 10.8 Å². The van der Waals surface area contributed by atoms with E-state index in [2.05, 4.69) is 25.9 Å². The van der Waals surface area contributed by atoms with E-state index < -0.39 is 0 Å². The van der Waals surface area contributed by atoms with Crippen molar-refractivity contribution in [1.29, 1.82) is 0 Å². The molecular formula is C10H9N5S. The van der Waals surface area contributed by atoms with Crippen molar-refractivity contribution in [1.82, 2.24) is 19.8 Å². The number of anilines is 2. The van der Waals surface area contributed by atoms with Gasteiger partial charge in [-0.15, -0.1) is 0 Å². The Bertz CT molecular complexity index is 600. The third kappa shape index (κ3) is 1.35. The molecule has 3 aromatic rings. The minimum Gasteiger partial charge on any atom is -0.359 e. The van der Waals surface area contributed by atoms with Crippen LogP contribution in [0.1, 0.15) is 0 Å². The molecule has 16 heavy (non-hydrogen) atoms. The van der Waals surface area contributed by atoms with E-state index >= 15 is 0 Å². The van der Waals surface area contributed by atoms with Crippen molar-refractivity contribution in [3.05, 3.63) is 30.5 Å². The predicted octanol–water partition coefficient (Wildman–Crippen LogP) is 2.18. The van der Waals surface area contributed by atoms with E-state index in [4.69, 9.17) is 0 Å². The molecule has 0 radical (unpaired) electrons. The first kappa shape index (κ1) is 9.29. The molecule has 80 valence electrons. The summed E-state index contributed by atoms with van der Waals surface area (Å²) in [4.78, 5) is 5.20. The van der Waals surface area contributed by atoms with Gasteiger partial charge < -0.3 is 9.88 Å². The lowest BCUT2D eigenvalue weighted by Crippen LogP contribution is -2.08.